The summed E-state index contributed by atoms with van der Waals surface area (Å²) in [4.78, 5) is 19.7. The van der Waals surface area contributed by atoms with Gasteiger partial charge in [0, 0.05) is 42.3 Å². The number of hydrogen-bond donors (Lipinski definition) is 2. The highest BCUT2D eigenvalue weighted by Crippen LogP contribution is 2.29. The first-order valence-electron chi connectivity index (χ1n) is 11.3. The molecule has 174 valence electrons. The van der Waals surface area contributed by atoms with Gasteiger partial charge in [0.2, 0.25) is 5.91 Å². The lowest BCUT2D eigenvalue weighted by molar-refractivity contribution is -0.117. The Labute approximate surface area is 195 Å². The zero-order valence-electron chi connectivity index (χ0n) is 19.8. The van der Waals surface area contributed by atoms with Crippen molar-refractivity contribution in [3.05, 3.63) is 59.7 Å². The number of carbonyl (C=O) groups is 1. The van der Waals surface area contributed by atoms with Crippen LogP contribution < -0.4 is 15.4 Å². The van der Waals surface area contributed by atoms with Gasteiger partial charge >= 0.3 is 0 Å². The number of nitrogens with zero attached hydrogens (tertiary/aromatic N) is 4. The molecule has 0 radical (unpaired) electrons. The third-order valence-electron chi connectivity index (χ3n) is 6.15. The van der Waals surface area contributed by atoms with E-state index in [2.05, 4.69) is 32.8 Å². The van der Waals surface area contributed by atoms with E-state index in [1.54, 1.807) is 18.0 Å². The summed E-state index contributed by atoms with van der Waals surface area (Å²) < 4.78 is 7.00. The maximum Gasteiger partial charge on any atom is 0.238 e. The average Bonchev–Trinajstić information content (AvgIpc) is 3.11. The van der Waals surface area contributed by atoms with Gasteiger partial charge in [0.25, 0.3) is 0 Å². The monoisotopic (exact) mass is 448 g/mol. The summed E-state index contributed by atoms with van der Waals surface area (Å²) in [5, 5.41) is 10.7. The number of benzene rings is 1. The van der Waals surface area contributed by atoms with Crippen molar-refractivity contribution >= 4 is 23.0 Å². The van der Waals surface area contributed by atoms with E-state index < -0.39 is 0 Å². The molecule has 4 rings (SSSR count). The van der Waals surface area contributed by atoms with Crippen molar-refractivity contribution in [2.45, 2.75) is 32.6 Å². The van der Waals surface area contributed by atoms with Crippen LogP contribution in [0.2, 0.25) is 0 Å². The molecule has 0 spiro atoms. The summed E-state index contributed by atoms with van der Waals surface area (Å²) >= 11 is 0. The lowest BCUT2D eigenvalue weighted by atomic mass is 9.93. The van der Waals surface area contributed by atoms with Crippen molar-refractivity contribution in [2.75, 3.05) is 37.4 Å². The molecule has 0 unspecified atom stereocenters. The lowest BCUT2D eigenvalue weighted by Gasteiger charge is -2.32. The Hall–Kier alpha value is -3.39. The molecule has 33 heavy (non-hydrogen) atoms. The van der Waals surface area contributed by atoms with Crippen LogP contribution in [-0.2, 0) is 11.8 Å². The number of carbonyl (C=O) groups excluding carboxylic acids is 1. The van der Waals surface area contributed by atoms with Crippen LogP contribution >= 0.6 is 0 Å². The van der Waals surface area contributed by atoms with Crippen molar-refractivity contribution < 1.29 is 9.53 Å². The summed E-state index contributed by atoms with van der Waals surface area (Å²) in [5.74, 6) is 1.12. The van der Waals surface area contributed by atoms with Crippen LogP contribution in [0.25, 0.3) is 0 Å². The first-order valence-corrected chi connectivity index (χ1v) is 11.3. The van der Waals surface area contributed by atoms with Gasteiger partial charge in [-0.1, -0.05) is 0 Å². The largest absolute Gasteiger partial charge is 0.497 e. The molecule has 1 fully saturated rings. The van der Waals surface area contributed by atoms with Crippen LogP contribution in [0.5, 0.6) is 5.75 Å². The second-order valence-corrected chi connectivity index (χ2v) is 8.67. The zero-order chi connectivity index (χ0) is 23.4. The number of amides is 1. The SMILES string of the molecule is COc1ccc(Nc2cc(C)nc([C@@H]3CCCN(CC(=O)Nc4cnn(C)c4C)C3)c2)cc1. The number of piperidine rings is 1. The number of anilines is 3. The molecule has 3 heterocycles. The number of hydrogen-bond acceptors (Lipinski definition) is 6. The Morgan fingerprint density at radius 2 is 1.97 bits per heavy atom. The fraction of sp³-hybridized carbons (Fsp3) is 0.400. The number of likely N-dealkylation sites (tertiary alicyclic amines) is 1. The van der Waals surface area contributed by atoms with E-state index in [0.29, 0.717) is 12.5 Å². The number of methoxy groups -OCH3 is 1. The Bertz CT molecular complexity index is 1110. The molecule has 1 aromatic carbocycles. The smallest absolute Gasteiger partial charge is 0.238 e. The van der Waals surface area contributed by atoms with Gasteiger partial charge in [0.15, 0.2) is 0 Å². The first-order chi connectivity index (χ1) is 15.9. The molecule has 1 saturated heterocycles. The number of aromatic nitrogens is 3. The summed E-state index contributed by atoms with van der Waals surface area (Å²) in [5.41, 5.74) is 5.78. The van der Waals surface area contributed by atoms with Crippen LogP contribution in [0, 0.1) is 13.8 Å². The minimum absolute atomic E-state index is 0.00851. The molecule has 1 amide bonds. The van der Waals surface area contributed by atoms with Gasteiger partial charge in [0.05, 0.1) is 31.2 Å². The Kier molecular flexibility index (Phi) is 6.93. The van der Waals surface area contributed by atoms with E-state index >= 15 is 0 Å². The van der Waals surface area contributed by atoms with E-state index in [4.69, 9.17) is 9.72 Å². The minimum Gasteiger partial charge on any atom is -0.497 e. The molecule has 3 aromatic rings. The highest BCUT2D eigenvalue weighted by molar-refractivity contribution is 5.92. The number of rotatable bonds is 7. The van der Waals surface area contributed by atoms with Gasteiger partial charge < -0.3 is 15.4 Å². The third kappa shape index (κ3) is 5.70. The molecule has 0 bridgehead atoms. The molecule has 8 heteroatoms. The van der Waals surface area contributed by atoms with Gasteiger partial charge in [-0.2, -0.15) is 5.10 Å². The fourth-order valence-corrected chi connectivity index (χ4v) is 4.27. The molecule has 0 saturated carbocycles. The molecule has 1 atom stereocenters. The van der Waals surface area contributed by atoms with E-state index in [-0.39, 0.29) is 5.91 Å². The molecular formula is C25H32N6O2. The van der Waals surface area contributed by atoms with Gasteiger partial charge in [0.1, 0.15) is 5.75 Å². The number of nitrogens with one attached hydrogen (secondary N) is 2. The second-order valence-electron chi connectivity index (χ2n) is 8.67. The van der Waals surface area contributed by atoms with Gasteiger partial charge in [-0.3, -0.25) is 19.4 Å². The number of ether oxygens (including phenoxy) is 1. The van der Waals surface area contributed by atoms with E-state index in [0.717, 1.165) is 65.8 Å². The van der Waals surface area contributed by atoms with Crippen molar-refractivity contribution in [3.8, 4) is 5.75 Å². The molecule has 2 aromatic heterocycles. The third-order valence-corrected chi connectivity index (χ3v) is 6.15. The maximum atomic E-state index is 12.6. The summed E-state index contributed by atoms with van der Waals surface area (Å²) in [6, 6.07) is 12.1. The Morgan fingerprint density at radius 1 is 1.18 bits per heavy atom. The summed E-state index contributed by atoms with van der Waals surface area (Å²) in [6.45, 7) is 6.07. The fourth-order valence-electron chi connectivity index (χ4n) is 4.27. The van der Waals surface area contributed by atoms with E-state index in [1.165, 1.54) is 0 Å². The van der Waals surface area contributed by atoms with Crippen LogP contribution in [0.1, 0.15) is 35.8 Å². The summed E-state index contributed by atoms with van der Waals surface area (Å²) in [6.07, 6.45) is 3.80. The van der Waals surface area contributed by atoms with Crippen molar-refractivity contribution in [2.24, 2.45) is 7.05 Å². The van der Waals surface area contributed by atoms with E-state index in [1.807, 2.05) is 45.2 Å². The van der Waals surface area contributed by atoms with Crippen molar-refractivity contribution in [1.82, 2.24) is 19.7 Å². The Morgan fingerprint density at radius 3 is 2.67 bits per heavy atom. The number of aryl methyl sites for hydroxylation is 2. The van der Waals surface area contributed by atoms with E-state index in [9.17, 15) is 4.79 Å². The van der Waals surface area contributed by atoms with Crippen LogP contribution in [0.4, 0.5) is 17.1 Å². The predicted octanol–water partition coefficient (Wildman–Crippen LogP) is 4.00. The number of pyridine rings is 1. The predicted molar refractivity (Wildman–Crippen MR) is 130 cm³/mol. The quantitative estimate of drug-likeness (QED) is 0.568. The van der Waals surface area contributed by atoms with Crippen LogP contribution in [0.3, 0.4) is 0 Å². The molecule has 2 N–H and O–H groups in total. The van der Waals surface area contributed by atoms with Crippen molar-refractivity contribution in [1.29, 1.82) is 0 Å². The summed E-state index contributed by atoms with van der Waals surface area (Å²) in [7, 11) is 3.53. The molecule has 8 nitrogen and oxygen atoms in total. The van der Waals surface area contributed by atoms with Crippen LogP contribution in [-0.4, -0.2) is 52.3 Å². The zero-order valence-corrected chi connectivity index (χ0v) is 19.8. The maximum absolute atomic E-state index is 12.6. The first kappa shape index (κ1) is 22.8. The second kappa shape index (κ2) is 10.0. The lowest BCUT2D eigenvalue weighted by Crippen LogP contribution is -2.40. The highest BCUT2D eigenvalue weighted by Gasteiger charge is 2.24. The highest BCUT2D eigenvalue weighted by atomic mass is 16.5. The van der Waals surface area contributed by atoms with Crippen molar-refractivity contribution in [3.63, 3.8) is 0 Å². The molecule has 0 aliphatic carbocycles. The van der Waals surface area contributed by atoms with Gasteiger partial charge in [-0.05, 0) is 69.6 Å². The molecular weight excluding hydrogens is 416 g/mol. The minimum atomic E-state index is -0.00851. The Balaban J connectivity index is 1.40. The van der Waals surface area contributed by atoms with Gasteiger partial charge in [-0.25, -0.2) is 0 Å². The topological polar surface area (TPSA) is 84.3 Å². The average molecular weight is 449 g/mol. The normalized spacial score (nSPS) is 16.4. The van der Waals surface area contributed by atoms with Gasteiger partial charge in [-0.15, -0.1) is 0 Å². The molecule has 1 aliphatic rings. The molecule has 1 aliphatic heterocycles. The van der Waals surface area contributed by atoms with Crippen LogP contribution in [0.15, 0.2) is 42.6 Å². The standard InChI is InChI=1S/C25H32N6O2/c1-17-12-21(28-20-7-9-22(33-4)10-8-20)13-23(27-17)19-6-5-11-31(15-19)16-25(32)29-24-14-26-30(3)18(24)2/h7-10,12-14,19H,5-6,11,15-16H2,1-4H3,(H,27,28)(H,29,32)/t19-/m1/s1.